The molecule has 0 aliphatic rings. The number of hydrogen-bond acceptors (Lipinski definition) is 3. The Morgan fingerprint density at radius 1 is 1.57 bits per heavy atom. The number of rotatable bonds is 4. The minimum absolute atomic E-state index is 0.645. The predicted octanol–water partition coefficient (Wildman–Crippen LogP) is 2.45. The van der Waals surface area contributed by atoms with Gasteiger partial charge in [0.05, 0.1) is 12.8 Å². The average molecular weight is 195 g/mol. The molecule has 0 aromatic carbocycles. The van der Waals surface area contributed by atoms with Gasteiger partial charge in [0.15, 0.2) is 11.7 Å². The molecule has 4 nitrogen and oxygen atoms in total. The van der Waals surface area contributed by atoms with Gasteiger partial charge < -0.3 is 4.74 Å². The Hall–Kier alpha value is -1.32. The molecule has 1 N–H and O–H groups in total. The Morgan fingerprint density at radius 3 is 3.00 bits per heavy atom. The van der Waals surface area contributed by atoms with Crippen molar-refractivity contribution >= 4 is 11.7 Å². The zero-order chi connectivity index (χ0) is 10.4. The summed E-state index contributed by atoms with van der Waals surface area (Å²) in [5.74, 6) is 1.49. The highest BCUT2D eigenvalue weighted by Crippen LogP contribution is 2.16. The number of ether oxygens (including phenoxy) is 1. The third-order valence-corrected chi connectivity index (χ3v) is 1.84. The third-order valence-electron chi connectivity index (χ3n) is 1.84. The molecule has 0 aliphatic carbocycles. The second kappa shape index (κ2) is 5.42. The third kappa shape index (κ3) is 2.87. The summed E-state index contributed by atoms with van der Waals surface area (Å²) in [5, 5.41) is 6.83. The molecule has 0 amide bonds. The molecule has 14 heavy (non-hydrogen) atoms. The van der Waals surface area contributed by atoms with Crippen LogP contribution in [0.3, 0.4) is 0 Å². The molecule has 0 bridgehead atoms. The predicted molar refractivity (Wildman–Crippen MR) is 57.0 cm³/mol. The van der Waals surface area contributed by atoms with Gasteiger partial charge in [-0.3, -0.25) is 5.10 Å². The van der Waals surface area contributed by atoms with Crippen molar-refractivity contribution in [2.24, 2.45) is 4.99 Å². The van der Waals surface area contributed by atoms with Crippen molar-refractivity contribution in [3.63, 3.8) is 0 Å². The molecular weight excluding hydrogens is 178 g/mol. The Balaban J connectivity index is 2.74. The summed E-state index contributed by atoms with van der Waals surface area (Å²) in [4.78, 5) is 4.30. The first-order valence-electron chi connectivity index (χ1n) is 4.98. The molecule has 1 aromatic rings. The zero-order valence-electron chi connectivity index (χ0n) is 9.00. The number of aryl methyl sites for hydroxylation is 1. The molecule has 0 unspecified atom stereocenters. The minimum atomic E-state index is 0.645. The quantitative estimate of drug-likeness (QED) is 0.592. The molecule has 0 saturated heterocycles. The van der Waals surface area contributed by atoms with Gasteiger partial charge in [-0.15, -0.1) is 0 Å². The summed E-state index contributed by atoms with van der Waals surface area (Å²) in [6.07, 6.45) is 3.91. The minimum Gasteiger partial charge on any atom is -0.481 e. The van der Waals surface area contributed by atoms with E-state index < -0.39 is 0 Å². The van der Waals surface area contributed by atoms with Crippen LogP contribution in [0.2, 0.25) is 0 Å². The van der Waals surface area contributed by atoms with Crippen molar-refractivity contribution in [3.05, 3.63) is 11.8 Å². The number of aliphatic imine (C=N–C) groups is 1. The van der Waals surface area contributed by atoms with Gasteiger partial charge in [-0.05, 0) is 13.3 Å². The average Bonchev–Trinajstić information content (AvgIpc) is 2.54. The lowest BCUT2D eigenvalue weighted by atomic mass is 10.2. The number of nitrogens with zero attached hydrogens (tertiary/aromatic N) is 2. The largest absolute Gasteiger partial charge is 0.481 e. The summed E-state index contributed by atoms with van der Waals surface area (Å²) < 4.78 is 5.25. The molecule has 78 valence electrons. The Morgan fingerprint density at radius 2 is 2.36 bits per heavy atom. The Labute approximate surface area is 84.4 Å². The molecule has 1 aromatic heterocycles. The highest BCUT2D eigenvalue weighted by Gasteiger charge is 2.03. The molecular formula is C10H17N3O. The van der Waals surface area contributed by atoms with Crippen LogP contribution in [-0.2, 0) is 11.2 Å². The lowest BCUT2D eigenvalue weighted by Crippen LogP contribution is -1.98. The topological polar surface area (TPSA) is 50.3 Å². The normalized spacial score (nSPS) is 11.8. The monoisotopic (exact) mass is 195 g/mol. The zero-order valence-corrected chi connectivity index (χ0v) is 9.00. The fourth-order valence-electron chi connectivity index (χ4n) is 1.25. The summed E-state index contributed by atoms with van der Waals surface area (Å²) in [5.41, 5.74) is 1.14. The molecule has 0 spiro atoms. The smallest absolute Gasteiger partial charge is 0.186 e. The standard InChI is InChI=1S/C10H17N3O/c1-4-6-9-7-11-13-10(9)12-8(3)14-5-2/h7H,4-6H2,1-3H3,(H,11,13)/b12-8-. The highest BCUT2D eigenvalue weighted by atomic mass is 16.5. The van der Waals surface area contributed by atoms with E-state index in [1.165, 1.54) is 0 Å². The van der Waals surface area contributed by atoms with E-state index in [0.29, 0.717) is 12.5 Å². The van der Waals surface area contributed by atoms with E-state index in [4.69, 9.17) is 4.74 Å². The van der Waals surface area contributed by atoms with Gasteiger partial charge in [0.2, 0.25) is 0 Å². The van der Waals surface area contributed by atoms with E-state index in [9.17, 15) is 0 Å². The van der Waals surface area contributed by atoms with Crippen molar-refractivity contribution in [2.45, 2.75) is 33.6 Å². The Kier molecular flexibility index (Phi) is 4.16. The van der Waals surface area contributed by atoms with Crippen molar-refractivity contribution in [1.29, 1.82) is 0 Å². The SMILES string of the molecule is CCCc1cn[nH]c1/N=C(/C)OCC. The maximum atomic E-state index is 5.25. The number of hydrogen-bond donors (Lipinski definition) is 1. The van der Waals surface area contributed by atoms with Crippen molar-refractivity contribution in [2.75, 3.05) is 6.61 Å². The molecule has 1 heterocycles. The molecule has 0 radical (unpaired) electrons. The van der Waals surface area contributed by atoms with E-state index in [-0.39, 0.29) is 0 Å². The van der Waals surface area contributed by atoms with Crippen LogP contribution in [-0.4, -0.2) is 22.7 Å². The van der Waals surface area contributed by atoms with E-state index >= 15 is 0 Å². The second-order valence-electron chi connectivity index (χ2n) is 3.06. The van der Waals surface area contributed by atoms with Crippen molar-refractivity contribution in [3.8, 4) is 0 Å². The summed E-state index contributed by atoms with van der Waals surface area (Å²) in [6, 6.07) is 0. The number of aromatic amines is 1. The summed E-state index contributed by atoms with van der Waals surface area (Å²) in [7, 11) is 0. The van der Waals surface area contributed by atoms with E-state index in [1.807, 2.05) is 20.0 Å². The molecule has 0 atom stereocenters. The second-order valence-corrected chi connectivity index (χ2v) is 3.06. The molecule has 1 rings (SSSR count). The van der Waals surface area contributed by atoms with Gasteiger partial charge in [-0.25, -0.2) is 0 Å². The highest BCUT2D eigenvalue weighted by molar-refractivity contribution is 5.76. The molecule has 0 saturated carbocycles. The van der Waals surface area contributed by atoms with Gasteiger partial charge in [0.1, 0.15) is 0 Å². The molecule has 0 fully saturated rings. The maximum absolute atomic E-state index is 5.25. The fraction of sp³-hybridized carbons (Fsp3) is 0.600. The lowest BCUT2D eigenvalue weighted by Gasteiger charge is -2.01. The van der Waals surface area contributed by atoms with Gasteiger partial charge in [-0.2, -0.15) is 10.1 Å². The number of H-pyrrole nitrogens is 1. The van der Waals surface area contributed by atoms with Crippen LogP contribution in [0.5, 0.6) is 0 Å². The first kappa shape index (κ1) is 10.8. The van der Waals surface area contributed by atoms with E-state index in [1.54, 1.807) is 0 Å². The fourth-order valence-corrected chi connectivity index (χ4v) is 1.25. The van der Waals surface area contributed by atoms with Crippen LogP contribution >= 0.6 is 0 Å². The number of aromatic nitrogens is 2. The van der Waals surface area contributed by atoms with Crippen LogP contribution in [0.1, 0.15) is 32.8 Å². The van der Waals surface area contributed by atoms with Crippen molar-refractivity contribution < 1.29 is 4.74 Å². The van der Waals surface area contributed by atoms with Crippen LogP contribution in [0.15, 0.2) is 11.2 Å². The van der Waals surface area contributed by atoms with E-state index in [2.05, 4.69) is 22.1 Å². The maximum Gasteiger partial charge on any atom is 0.186 e. The van der Waals surface area contributed by atoms with Gasteiger partial charge in [0.25, 0.3) is 0 Å². The Bertz CT molecular complexity index is 304. The first-order valence-corrected chi connectivity index (χ1v) is 4.98. The lowest BCUT2D eigenvalue weighted by molar-refractivity contribution is 0.324. The van der Waals surface area contributed by atoms with Gasteiger partial charge >= 0.3 is 0 Å². The summed E-state index contributed by atoms with van der Waals surface area (Å²) in [6.45, 7) is 6.57. The van der Waals surface area contributed by atoms with Crippen molar-refractivity contribution in [1.82, 2.24) is 10.2 Å². The molecule has 4 heteroatoms. The summed E-state index contributed by atoms with van der Waals surface area (Å²) >= 11 is 0. The van der Waals surface area contributed by atoms with Crippen LogP contribution in [0, 0.1) is 0 Å². The van der Waals surface area contributed by atoms with Gasteiger partial charge in [-0.1, -0.05) is 13.3 Å². The van der Waals surface area contributed by atoms with Crippen LogP contribution in [0.4, 0.5) is 5.82 Å². The molecule has 0 aliphatic heterocycles. The van der Waals surface area contributed by atoms with Gasteiger partial charge in [0, 0.05) is 12.5 Å². The number of nitrogens with one attached hydrogen (secondary N) is 1. The first-order chi connectivity index (χ1) is 6.77. The van der Waals surface area contributed by atoms with E-state index in [0.717, 1.165) is 24.2 Å². The van der Waals surface area contributed by atoms with Crippen LogP contribution in [0.25, 0.3) is 0 Å². The van der Waals surface area contributed by atoms with Crippen LogP contribution < -0.4 is 0 Å².